The third-order valence-electron chi connectivity index (χ3n) is 4.98. The summed E-state index contributed by atoms with van der Waals surface area (Å²) in [7, 11) is -3.72. The summed E-state index contributed by atoms with van der Waals surface area (Å²) in [5, 5.41) is 5.38. The molecule has 2 aromatic rings. The first-order valence-electron chi connectivity index (χ1n) is 9.80. The monoisotopic (exact) mass is 446 g/mol. The molecule has 2 aromatic carbocycles. The van der Waals surface area contributed by atoms with Gasteiger partial charge in [-0.25, -0.2) is 8.42 Å². The Labute approximate surface area is 179 Å². The van der Waals surface area contributed by atoms with Crippen molar-refractivity contribution in [1.82, 2.24) is 5.32 Å². The predicted molar refractivity (Wildman–Crippen MR) is 111 cm³/mol. The zero-order valence-electron chi connectivity index (χ0n) is 16.8. The lowest BCUT2D eigenvalue weighted by Gasteiger charge is -2.21. The summed E-state index contributed by atoms with van der Waals surface area (Å²) in [5.74, 6) is 0.585. The van der Waals surface area contributed by atoms with E-state index in [9.17, 15) is 18.0 Å². The molecule has 4 rings (SSSR count). The summed E-state index contributed by atoms with van der Waals surface area (Å²) in [6.45, 7) is 2.66. The van der Waals surface area contributed by atoms with Crippen molar-refractivity contribution < 1.29 is 32.2 Å². The highest BCUT2D eigenvalue weighted by Gasteiger charge is 2.22. The van der Waals surface area contributed by atoms with Crippen LogP contribution in [0.4, 0.5) is 5.69 Å². The Morgan fingerprint density at radius 1 is 1.06 bits per heavy atom. The Morgan fingerprint density at radius 2 is 1.81 bits per heavy atom. The average Bonchev–Trinajstić information content (AvgIpc) is 2.77. The molecule has 10 heteroatoms. The van der Waals surface area contributed by atoms with Crippen molar-refractivity contribution in [1.29, 1.82) is 0 Å². The standard InChI is InChI=1S/C21H22N2O7S/c1-13(14-2-4-18-19(10-14)29-8-7-28-18)22-20(24)6-9-31(26,27)15-3-5-17-16(11-15)23-21(25)12-30-17/h2-5,10-11,13H,6-9,12H2,1H3,(H,22,24)(H,23,25)/t13-/m0/s1. The van der Waals surface area contributed by atoms with Gasteiger partial charge < -0.3 is 24.8 Å². The van der Waals surface area contributed by atoms with Gasteiger partial charge >= 0.3 is 0 Å². The topological polar surface area (TPSA) is 120 Å². The number of sulfone groups is 1. The molecular weight excluding hydrogens is 424 g/mol. The molecule has 2 heterocycles. The molecule has 0 spiro atoms. The molecule has 2 amide bonds. The summed E-state index contributed by atoms with van der Waals surface area (Å²) < 4.78 is 41.6. The smallest absolute Gasteiger partial charge is 0.262 e. The number of carbonyl (C=O) groups excluding carboxylic acids is 2. The predicted octanol–water partition coefficient (Wildman–Crippen LogP) is 1.83. The second-order valence-corrected chi connectivity index (χ2v) is 9.37. The molecule has 0 bridgehead atoms. The van der Waals surface area contributed by atoms with E-state index in [-0.39, 0.29) is 41.5 Å². The normalized spacial score (nSPS) is 15.8. The lowest BCUT2D eigenvalue weighted by molar-refractivity contribution is -0.121. The van der Waals surface area contributed by atoms with Crippen molar-refractivity contribution in [3.8, 4) is 17.2 Å². The van der Waals surface area contributed by atoms with Crippen LogP contribution in [0.15, 0.2) is 41.3 Å². The number of ether oxygens (including phenoxy) is 3. The van der Waals surface area contributed by atoms with Crippen molar-refractivity contribution in [3.05, 3.63) is 42.0 Å². The molecule has 0 saturated carbocycles. The first-order chi connectivity index (χ1) is 14.8. The lowest BCUT2D eigenvalue weighted by Crippen LogP contribution is -2.28. The first kappa shape index (κ1) is 21.0. The Hall–Kier alpha value is -3.27. The summed E-state index contributed by atoms with van der Waals surface area (Å²) in [5.41, 5.74) is 1.12. The van der Waals surface area contributed by atoms with E-state index in [1.54, 1.807) is 12.1 Å². The number of hydrogen-bond acceptors (Lipinski definition) is 7. The van der Waals surface area contributed by atoms with E-state index < -0.39 is 9.84 Å². The SMILES string of the molecule is C[C@H](NC(=O)CCS(=O)(=O)c1ccc2c(c1)NC(=O)CO2)c1ccc2c(c1)OCCO2. The van der Waals surface area contributed by atoms with Crippen LogP contribution in [0.5, 0.6) is 17.2 Å². The van der Waals surface area contributed by atoms with Crippen LogP contribution in [-0.4, -0.2) is 45.8 Å². The summed E-state index contributed by atoms with van der Waals surface area (Å²) >= 11 is 0. The van der Waals surface area contributed by atoms with Crippen LogP contribution in [0.1, 0.15) is 24.9 Å². The van der Waals surface area contributed by atoms with Gasteiger partial charge in [-0.3, -0.25) is 9.59 Å². The zero-order chi connectivity index (χ0) is 22.0. The van der Waals surface area contributed by atoms with Gasteiger partial charge in [-0.05, 0) is 42.8 Å². The van der Waals surface area contributed by atoms with Gasteiger partial charge in [-0.2, -0.15) is 0 Å². The van der Waals surface area contributed by atoms with Crippen molar-refractivity contribution in [2.45, 2.75) is 24.3 Å². The van der Waals surface area contributed by atoms with Crippen molar-refractivity contribution in [3.63, 3.8) is 0 Å². The quantitative estimate of drug-likeness (QED) is 0.695. The number of nitrogens with one attached hydrogen (secondary N) is 2. The van der Waals surface area contributed by atoms with Gasteiger partial charge in [0, 0.05) is 6.42 Å². The molecule has 2 aliphatic heterocycles. The van der Waals surface area contributed by atoms with Crippen LogP contribution in [0.25, 0.3) is 0 Å². The van der Waals surface area contributed by atoms with Crippen LogP contribution in [0.2, 0.25) is 0 Å². The van der Waals surface area contributed by atoms with Gasteiger partial charge in [0.15, 0.2) is 27.9 Å². The van der Waals surface area contributed by atoms with Gasteiger partial charge in [-0.1, -0.05) is 6.07 Å². The van der Waals surface area contributed by atoms with Gasteiger partial charge in [0.25, 0.3) is 5.91 Å². The molecule has 1 atom stereocenters. The Kier molecular flexibility index (Phi) is 5.73. The minimum Gasteiger partial charge on any atom is -0.486 e. The average molecular weight is 446 g/mol. The van der Waals surface area contributed by atoms with Crippen LogP contribution in [-0.2, 0) is 19.4 Å². The summed E-state index contributed by atoms with van der Waals surface area (Å²) in [4.78, 5) is 23.8. The number of anilines is 1. The lowest BCUT2D eigenvalue weighted by atomic mass is 10.1. The van der Waals surface area contributed by atoms with Crippen LogP contribution < -0.4 is 24.8 Å². The third-order valence-corrected chi connectivity index (χ3v) is 6.70. The van der Waals surface area contributed by atoms with Gasteiger partial charge in [0.2, 0.25) is 5.91 Å². The van der Waals surface area contributed by atoms with Crippen LogP contribution in [0.3, 0.4) is 0 Å². The molecule has 2 aliphatic rings. The minimum atomic E-state index is -3.72. The highest BCUT2D eigenvalue weighted by atomic mass is 32.2. The van der Waals surface area contributed by atoms with E-state index in [0.717, 1.165) is 5.56 Å². The Bertz CT molecular complexity index is 1130. The van der Waals surface area contributed by atoms with E-state index in [1.807, 2.05) is 13.0 Å². The fourth-order valence-electron chi connectivity index (χ4n) is 3.33. The largest absolute Gasteiger partial charge is 0.486 e. The Morgan fingerprint density at radius 3 is 2.61 bits per heavy atom. The maximum Gasteiger partial charge on any atom is 0.262 e. The zero-order valence-corrected chi connectivity index (χ0v) is 17.7. The van der Waals surface area contributed by atoms with Crippen molar-refractivity contribution >= 4 is 27.3 Å². The first-order valence-corrected chi connectivity index (χ1v) is 11.5. The second kappa shape index (κ2) is 8.46. The third kappa shape index (κ3) is 4.74. The maximum atomic E-state index is 12.7. The minimum absolute atomic E-state index is 0.0183. The molecule has 0 aliphatic carbocycles. The highest BCUT2D eigenvalue weighted by molar-refractivity contribution is 7.91. The van der Waals surface area contributed by atoms with Crippen LogP contribution in [0, 0.1) is 0 Å². The second-order valence-electron chi connectivity index (χ2n) is 7.26. The number of fused-ring (bicyclic) bond motifs is 2. The van der Waals surface area contributed by atoms with Crippen molar-refractivity contribution in [2.24, 2.45) is 0 Å². The number of benzene rings is 2. The van der Waals surface area contributed by atoms with Crippen LogP contribution >= 0.6 is 0 Å². The van der Waals surface area contributed by atoms with E-state index in [2.05, 4.69) is 10.6 Å². The maximum absolute atomic E-state index is 12.7. The Balaban J connectivity index is 1.37. The number of amides is 2. The molecule has 0 fully saturated rings. The van der Waals surface area contributed by atoms with E-state index in [4.69, 9.17) is 14.2 Å². The molecule has 164 valence electrons. The molecule has 2 N–H and O–H groups in total. The molecular formula is C21H22N2O7S. The number of carbonyl (C=O) groups is 2. The van der Waals surface area contributed by atoms with Gasteiger partial charge in [0.05, 0.1) is 22.4 Å². The van der Waals surface area contributed by atoms with E-state index in [0.29, 0.717) is 36.1 Å². The fourth-order valence-corrected chi connectivity index (χ4v) is 4.59. The molecule has 0 saturated heterocycles. The van der Waals surface area contributed by atoms with E-state index >= 15 is 0 Å². The van der Waals surface area contributed by atoms with Gasteiger partial charge in [-0.15, -0.1) is 0 Å². The molecule has 9 nitrogen and oxygen atoms in total. The summed E-state index contributed by atoms with van der Waals surface area (Å²) in [6, 6.07) is 9.33. The highest BCUT2D eigenvalue weighted by Crippen LogP contribution is 2.33. The van der Waals surface area contributed by atoms with Gasteiger partial charge in [0.1, 0.15) is 19.0 Å². The van der Waals surface area contributed by atoms with Crippen molar-refractivity contribution in [2.75, 3.05) is 30.9 Å². The molecule has 31 heavy (non-hydrogen) atoms. The molecule has 0 radical (unpaired) electrons. The fraction of sp³-hybridized carbons (Fsp3) is 0.333. The summed E-state index contributed by atoms with van der Waals surface area (Å²) in [6.07, 6.45) is -0.197. The number of hydrogen-bond donors (Lipinski definition) is 2. The number of rotatable bonds is 6. The molecule has 0 unspecified atom stereocenters. The molecule has 0 aromatic heterocycles. The van der Waals surface area contributed by atoms with E-state index in [1.165, 1.54) is 18.2 Å².